The molecule has 9 heteroatoms. The molecule has 0 aromatic heterocycles. The van der Waals surface area contributed by atoms with Gasteiger partial charge in [0.15, 0.2) is 0 Å². The van der Waals surface area contributed by atoms with E-state index >= 15 is 0 Å². The van der Waals surface area contributed by atoms with E-state index in [1.165, 1.54) is 5.56 Å². The average Bonchev–Trinajstić information content (AvgIpc) is 3.37. The van der Waals surface area contributed by atoms with Crippen molar-refractivity contribution in [3.8, 4) is 0 Å². The molecule has 4 rings (SSSR count). The van der Waals surface area contributed by atoms with E-state index in [2.05, 4.69) is 40.5 Å². The Bertz CT molecular complexity index is 709. The zero-order valence-electron chi connectivity index (χ0n) is 15.9. The number of benzene rings is 1. The number of nitrogens with zero attached hydrogens (tertiary/aromatic N) is 1. The van der Waals surface area contributed by atoms with Crippen molar-refractivity contribution in [3.05, 3.63) is 35.9 Å². The van der Waals surface area contributed by atoms with Crippen LogP contribution in [-0.2, 0) is 20.9 Å². The molecule has 1 aromatic rings. The van der Waals surface area contributed by atoms with Crippen molar-refractivity contribution in [3.63, 3.8) is 0 Å². The molecule has 1 aromatic carbocycles. The van der Waals surface area contributed by atoms with Gasteiger partial charge in [-0.3, -0.25) is 9.69 Å². The van der Waals surface area contributed by atoms with Crippen LogP contribution in [0.15, 0.2) is 30.3 Å². The van der Waals surface area contributed by atoms with E-state index in [0.29, 0.717) is 12.0 Å². The predicted octanol–water partition coefficient (Wildman–Crippen LogP) is 2.58. The smallest absolute Gasteiger partial charge is 0.475 e. The van der Waals surface area contributed by atoms with Crippen molar-refractivity contribution >= 4 is 11.9 Å². The molecule has 2 saturated heterocycles. The van der Waals surface area contributed by atoms with Gasteiger partial charge in [0.25, 0.3) is 0 Å². The number of hydrogen-bond donors (Lipinski definition) is 2. The summed E-state index contributed by atoms with van der Waals surface area (Å²) in [5.74, 6) is -2.08. The van der Waals surface area contributed by atoms with Gasteiger partial charge >= 0.3 is 12.1 Å². The van der Waals surface area contributed by atoms with Gasteiger partial charge in [-0.25, -0.2) is 4.79 Å². The number of hydrogen-bond acceptors (Lipinski definition) is 4. The second-order valence-corrected chi connectivity index (χ2v) is 7.75. The van der Waals surface area contributed by atoms with E-state index in [9.17, 15) is 18.0 Å². The molecule has 2 aliphatic heterocycles. The molecule has 29 heavy (non-hydrogen) atoms. The first-order valence-electron chi connectivity index (χ1n) is 9.74. The van der Waals surface area contributed by atoms with Crippen LogP contribution < -0.4 is 5.32 Å². The molecular formula is C20H25F3N2O4. The summed E-state index contributed by atoms with van der Waals surface area (Å²) in [7, 11) is 0. The highest BCUT2D eigenvalue weighted by Crippen LogP contribution is 2.34. The first-order valence-corrected chi connectivity index (χ1v) is 9.74. The number of likely N-dealkylation sites (tertiary alicyclic amines) is 1. The highest BCUT2D eigenvalue weighted by Gasteiger charge is 2.42. The van der Waals surface area contributed by atoms with Crippen LogP contribution >= 0.6 is 0 Å². The lowest BCUT2D eigenvalue weighted by molar-refractivity contribution is -0.192. The third kappa shape index (κ3) is 6.43. The topological polar surface area (TPSA) is 78.9 Å². The number of ether oxygens (including phenoxy) is 1. The van der Waals surface area contributed by atoms with Gasteiger partial charge in [-0.15, -0.1) is 0 Å². The molecule has 0 bridgehead atoms. The zero-order chi connectivity index (χ0) is 21.0. The van der Waals surface area contributed by atoms with Crippen LogP contribution in [-0.4, -0.2) is 59.4 Å². The first kappa shape index (κ1) is 21.6. The van der Waals surface area contributed by atoms with Crippen LogP contribution in [0.1, 0.15) is 31.2 Å². The maximum absolute atomic E-state index is 12.2. The molecule has 1 amide bonds. The molecule has 0 spiro atoms. The van der Waals surface area contributed by atoms with Crippen LogP contribution in [0.25, 0.3) is 0 Å². The molecule has 160 valence electrons. The minimum absolute atomic E-state index is 0.117. The molecule has 2 N–H and O–H groups in total. The lowest BCUT2D eigenvalue weighted by Gasteiger charge is -2.34. The first-order chi connectivity index (χ1) is 13.7. The second-order valence-electron chi connectivity index (χ2n) is 7.75. The number of carbonyl (C=O) groups is 2. The molecule has 1 saturated carbocycles. The standard InChI is InChI=1S/C18H24N2O2.C2HF3O2/c21-18(19-15-6-7-15)16-10-14-8-9-20(12-17(14)22-16)11-13-4-2-1-3-5-13;3-2(4,5)1(6)7/h1-5,14-17H,6-12H2,(H,19,21);(H,6,7)/t14-,16-,17-;/m0./s1. The second kappa shape index (κ2) is 9.13. The zero-order valence-corrected chi connectivity index (χ0v) is 15.9. The lowest BCUT2D eigenvalue weighted by Crippen LogP contribution is -2.42. The van der Waals surface area contributed by atoms with Crippen molar-refractivity contribution in [2.75, 3.05) is 13.1 Å². The highest BCUT2D eigenvalue weighted by atomic mass is 19.4. The Labute approximate surface area is 167 Å². The molecule has 0 radical (unpaired) electrons. The Balaban J connectivity index is 0.000000298. The summed E-state index contributed by atoms with van der Waals surface area (Å²) in [4.78, 5) is 23.5. The normalized spacial score (nSPS) is 26.8. The van der Waals surface area contributed by atoms with E-state index in [1.807, 2.05) is 0 Å². The summed E-state index contributed by atoms with van der Waals surface area (Å²) in [5.41, 5.74) is 1.35. The molecule has 0 unspecified atom stereocenters. The van der Waals surface area contributed by atoms with E-state index in [1.54, 1.807) is 0 Å². The van der Waals surface area contributed by atoms with Crippen molar-refractivity contribution in [1.29, 1.82) is 0 Å². The number of carbonyl (C=O) groups excluding carboxylic acids is 1. The Kier molecular flexibility index (Phi) is 6.79. The number of amides is 1. The number of fused-ring (bicyclic) bond motifs is 1. The number of alkyl halides is 3. The molecule has 2 heterocycles. The van der Waals surface area contributed by atoms with Gasteiger partial charge < -0.3 is 15.2 Å². The number of nitrogens with one attached hydrogen (secondary N) is 1. The van der Waals surface area contributed by atoms with Gasteiger partial charge in [0, 0.05) is 19.1 Å². The van der Waals surface area contributed by atoms with Crippen molar-refractivity contribution in [2.45, 2.75) is 56.7 Å². The van der Waals surface area contributed by atoms with Gasteiger partial charge in [0.1, 0.15) is 6.10 Å². The van der Waals surface area contributed by atoms with Crippen molar-refractivity contribution < 1.29 is 32.6 Å². The number of rotatable bonds is 4. The summed E-state index contributed by atoms with van der Waals surface area (Å²) in [6.45, 7) is 3.04. The number of carboxylic acids is 1. The van der Waals surface area contributed by atoms with Gasteiger partial charge in [-0.1, -0.05) is 30.3 Å². The fourth-order valence-corrected chi connectivity index (χ4v) is 3.67. The minimum Gasteiger partial charge on any atom is -0.475 e. The van der Waals surface area contributed by atoms with E-state index in [4.69, 9.17) is 14.6 Å². The maximum atomic E-state index is 12.2. The summed E-state index contributed by atoms with van der Waals surface area (Å²) in [5, 5.41) is 10.2. The fourth-order valence-electron chi connectivity index (χ4n) is 3.67. The molecular weight excluding hydrogens is 389 g/mol. The highest BCUT2D eigenvalue weighted by molar-refractivity contribution is 5.81. The molecule has 3 aliphatic rings. The SMILES string of the molecule is O=C(NC1CC1)[C@@H]1C[C@@H]2CCN(Cc3ccccc3)C[C@@H]2O1.O=C(O)C(F)(F)F. The quantitative estimate of drug-likeness (QED) is 0.792. The Hall–Kier alpha value is -2.13. The Morgan fingerprint density at radius 3 is 2.41 bits per heavy atom. The van der Waals surface area contributed by atoms with E-state index in [0.717, 1.165) is 45.3 Å². The summed E-state index contributed by atoms with van der Waals surface area (Å²) in [6.07, 6.45) is -0.751. The Morgan fingerprint density at radius 1 is 1.17 bits per heavy atom. The van der Waals surface area contributed by atoms with Crippen LogP contribution in [0.2, 0.25) is 0 Å². The van der Waals surface area contributed by atoms with Crippen LogP contribution in [0.5, 0.6) is 0 Å². The predicted molar refractivity (Wildman–Crippen MR) is 98.0 cm³/mol. The van der Waals surface area contributed by atoms with Gasteiger partial charge in [-0.2, -0.15) is 13.2 Å². The summed E-state index contributed by atoms with van der Waals surface area (Å²) >= 11 is 0. The third-order valence-corrected chi connectivity index (χ3v) is 5.34. The van der Waals surface area contributed by atoms with Crippen LogP contribution in [0.3, 0.4) is 0 Å². The molecule has 3 fully saturated rings. The number of halogens is 3. The largest absolute Gasteiger partial charge is 0.490 e. The van der Waals surface area contributed by atoms with Crippen molar-refractivity contribution in [1.82, 2.24) is 10.2 Å². The van der Waals surface area contributed by atoms with Crippen molar-refractivity contribution in [2.24, 2.45) is 5.92 Å². The van der Waals surface area contributed by atoms with Crippen LogP contribution in [0.4, 0.5) is 13.2 Å². The van der Waals surface area contributed by atoms with E-state index in [-0.39, 0.29) is 18.1 Å². The summed E-state index contributed by atoms with van der Waals surface area (Å²) in [6, 6.07) is 11.0. The Morgan fingerprint density at radius 2 is 1.83 bits per heavy atom. The molecule has 3 atom stereocenters. The summed E-state index contributed by atoms with van der Waals surface area (Å²) < 4.78 is 37.8. The van der Waals surface area contributed by atoms with Gasteiger partial charge in [-0.05, 0) is 43.7 Å². The third-order valence-electron chi connectivity index (χ3n) is 5.34. The number of carboxylic acid groups (broad SMARTS) is 1. The average molecular weight is 414 g/mol. The lowest BCUT2D eigenvalue weighted by atomic mass is 9.91. The molecule has 1 aliphatic carbocycles. The molecule has 6 nitrogen and oxygen atoms in total. The van der Waals surface area contributed by atoms with Gasteiger partial charge in [0.05, 0.1) is 6.10 Å². The van der Waals surface area contributed by atoms with E-state index < -0.39 is 12.1 Å². The van der Waals surface area contributed by atoms with Gasteiger partial charge in [0.2, 0.25) is 5.91 Å². The fraction of sp³-hybridized carbons (Fsp3) is 0.600. The number of aliphatic carboxylic acids is 1. The minimum atomic E-state index is -5.08. The number of piperidine rings is 1. The van der Waals surface area contributed by atoms with Crippen LogP contribution in [0, 0.1) is 5.92 Å². The monoisotopic (exact) mass is 414 g/mol. The maximum Gasteiger partial charge on any atom is 0.490 e.